The minimum absolute atomic E-state index is 0.00115. The Morgan fingerprint density at radius 1 is 1.00 bits per heavy atom. The van der Waals surface area contributed by atoms with Crippen LogP contribution in [0.5, 0.6) is 0 Å². The summed E-state index contributed by atoms with van der Waals surface area (Å²) in [6, 6.07) is 6.51. The Hall–Kier alpha value is -2.77. The lowest BCUT2D eigenvalue weighted by Crippen LogP contribution is -2.62. The molecule has 1 spiro atoms. The lowest BCUT2D eigenvalue weighted by atomic mass is 9.57. The molecule has 2 saturated heterocycles. The summed E-state index contributed by atoms with van der Waals surface area (Å²) in [5.74, 6) is -0.985. The van der Waals surface area contributed by atoms with Crippen molar-refractivity contribution < 1.29 is 30.4 Å². The van der Waals surface area contributed by atoms with Gasteiger partial charge in [-0.1, -0.05) is 11.6 Å². The Morgan fingerprint density at radius 3 is 2.40 bits per heavy atom. The fourth-order valence-electron chi connectivity index (χ4n) is 6.72. The van der Waals surface area contributed by atoms with Crippen molar-refractivity contribution in [2.45, 2.75) is 44.1 Å². The standard InChI is InChI=1S/C26H23ClF5N5O2S/c27-16-1-4-20-14(5-16)8-35(17-10-40(38,39)11-17)9-21-33-34-24(37(20)21)15-6-25(7-15)12-36(13-25)23-19(28)3-2-18(22(23)29)26(30,31)32/h1-5,15,17H,6-13H2. The van der Waals surface area contributed by atoms with Crippen LogP contribution < -0.4 is 4.90 Å². The molecule has 4 aliphatic rings. The van der Waals surface area contributed by atoms with Crippen LogP contribution in [0.4, 0.5) is 27.6 Å². The van der Waals surface area contributed by atoms with Gasteiger partial charge in [-0.2, -0.15) is 13.2 Å². The number of hydrogen-bond acceptors (Lipinski definition) is 6. The molecule has 2 aromatic carbocycles. The van der Waals surface area contributed by atoms with E-state index in [1.165, 1.54) is 4.90 Å². The predicted molar refractivity (Wildman–Crippen MR) is 136 cm³/mol. The van der Waals surface area contributed by atoms with Crippen LogP contribution in [0.25, 0.3) is 5.69 Å². The Balaban J connectivity index is 1.12. The van der Waals surface area contributed by atoms with Gasteiger partial charge in [0.2, 0.25) is 0 Å². The number of anilines is 1. The number of fused-ring (bicyclic) bond motifs is 3. The van der Waals surface area contributed by atoms with E-state index in [4.69, 9.17) is 11.6 Å². The third-order valence-electron chi connectivity index (χ3n) is 8.63. The topological polar surface area (TPSA) is 71.3 Å². The van der Waals surface area contributed by atoms with Crippen LogP contribution in [0.1, 0.15) is 41.5 Å². The number of aromatic nitrogens is 3. The van der Waals surface area contributed by atoms with Crippen molar-refractivity contribution in [3.8, 4) is 5.69 Å². The molecule has 0 amide bonds. The minimum atomic E-state index is -4.91. The normalized spacial score (nSPS) is 23.6. The first-order valence-corrected chi connectivity index (χ1v) is 15.0. The van der Waals surface area contributed by atoms with E-state index < -0.39 is 38.9 Å². The highest BCUT2D eigenvalue weighted by Crippen LogP contribution is 2.57. The third kappa shape index (κ3) is 4.11. The fraction of sp³-hybridized carbons (Fsp3) is 0.462. The first kappa shape index (κ1) is 26.1. The molecule has 0 atom stereocenters. The van der Waals surface area contributed by atoms with Crippen LogP contribution in [0.3, 0.4) is 0 Å². The van der Waals surface area contributed by atoms with Gasteiger partial charge in [-0.15, -0.1) is 10.2 Å². The maximum absolute atomic E-state index is 14.7. The van der Waals surface area contributed by atoms with E-state index in [2.05, 4.69) is 15.1 Å². The van der Waals surface area contributed by atoms with Gasteiger partial charge in [-0.3, -0.25) is 9.47 Å². The molecule has 0 radical (unpaired) electrons. The van der Waals surface area contributed by atoms with Gasteiger partial charge in [0, 0.05) is 42.0 Å². The summed E-state index contributed by atoms with van der Waals surface area (Å²) in [5.41, 5.74) is -0.590. The lowest BCUT2D eigenvalue weighted by Gasteiger charge is -2.59. The lowest BCUT2D eigenvalue weighted by molar-refractivity contribution is -0.140. The van der Waals surface area contributed by atoms with Crippen LogP contribution >= 0.6 is 11.6 Å². The summed E-state index contributed by atoms with van der Waals surface area (Å²) >= 11 is 6.30. The SMILES string of the molecule is O=S1(=O)CC(N2Cc3cc(Cl)ccc3-n3c(nnc3C3CC4(C3)CN(c3c(F)ccc(C(F)(F)F)c3F)C4)C2)C1. The quantitative estimate of drug-likeness (QED) is 0.406. The van der Waals surface area contributed by atoms with Crippen LogP contribution in [0.15, 0.2) is 30.3 Å². The second-order valence-electron chi connectivity index (χ2n) is 11.4. The van der Waals surface area contributed by atoms with Crippen molar-refractivity contribution in [2.75, 3.05) is 29.5 Å². The largest absolute Gasteiger partial charge is 0.419 e. The summed E-state index contributed by atoms with van der Waals surface area (Å²) in [6.45, 7) is 1.42. The zero-order chi connectivity index (χ0) is 28.2. The molecule has 212 valence electrons. The van der Waals surface area contributed by atoms with Gasteiger partial charge in [0.1, 0.15) is 17.3 Å². The van der Waals surface area contributed by atoms with Crippen molar-refractivity contribution in [1.82, 2.24) is 19.7 Å². The monoisotopic (exact) mass is 599 g/mol. The maximum Gasteiger partial charge on any atom is 0.419 e. The second-order valence-corrected chi connectivity index (χ2v) is 14.0. The number of alkyl halides is 3. The molecule has 40 heavy (non-hydrogen) atoms. The van der Waals surface area contributed by atoms with Gasteiger partial charge < -0.3 is 4.90 Å². The van der Waals surface area contributed by atoms with Crippen molar-refractivity contribution in [3.05, 3.63) is 69.8 Å². The average molecular weight is 600 g/mol. The highest BCUT2D eigenvalue weighted by Gasteiger charge is 2.55. The van der Waals surface area contributed by atoms with Gasteiger partial charge in [-0.25, -0.2) is 17.2 Å². The van der Waals surface area contributed by atoms with Gasteiger partial charge in [-0.05, 0) is 48.7 Å². The summed E-state index contributed by atoms with van der Waals surface area (Å²) in [6.07, 6.45) is -3.61. The summed E-state index contributed by atoms with van der Waals surface area (Å²) in [5, 5.41) is 9.50. The van der Waals surface area contributed by atoms with E-state index >= 15 is 0 Å². The number of sulfone groups is 1. The molecule has 3 aromatic rings. The number of rotatable bonds is 3. The number of halogens is 6. The van der Waals surface area contributed by atoms with Gasteiger partial charge in [0.05, 0.1) is 29.3 Å². The minimum Gasteiger partial charge on any atom is -0.366 e. The highest BCUT2D eigenvalue weighted by molar-refractivity contribution is 7.92. The van der Waals surface area contributed by atoms with Crippen molar-refractivity contribution >= 4 is 27.1 Å². The molecule has 1 aromatic heterocycles. The molecule has 3 fully saturated rings. The van der Waals surface area contributed by atoms with Gasteiger partial charge in [0.25, 0.3) is 0 Å². The van der Waals surface area contributed by atoms with Crippen molar-refractivity contribution in [3.63, 3.8) is 0 Å². The first-order chi connectivity index (χ1) is 18.8. The Labute approximate surface area is 231 Å². The van der Waals surface area contributed by atoms with Crippen molar-refractivity contribution in [2.24, 2.45) is 5.41 Å². The van der Waals surface area contributed by atoms with Crippen LogP contribution in [0.2, 0.25) is 5.02 Å². The van der Waals surface area contributed by atoms with E-state index in [-0.39, 0.29) is 42.0 Å². The zero-order valence-electron chi connectivity index (χ0n) is 20.9. The summed E-state index contributed by atoms with van der Waals surface area (Å²) in [4.78, 5) is 3.42. The van der Waals surface area contributed by atoms with Crippen LogP contribution in [-0.4, -0.2) is 58.7 Å². The molecule has 3 aliphatic heterocycles. The Bertz CT molecular complexity index is 1630. The molecular weight excluding hydrogens is 577 g/mol. The van der Waals surface area contributed by atoms with Crippen LogP contribution in [-0.2, 0) is 29.1 Å². The van der Waals surface area contributed by atoms with E-state index in [1.54, 1.807) is 6.07 Å². The second kappa shape index (κ2) is 8.62. The Morgan fingerprint density at radius 2 is 1.73 bits per heavy atom. The smallest absolute Gasteiger partial charge is 0.366 e. The highest BCUT2D eigenvalue weighted by atomic mass is 35.5. The fourth-order valence-corrected chi connectivity index (χ4v) is 8.41. The Kier molecular flexibility index (Phi) is 5.63. The van der Waals surface area contributed by atoms with Crippen molar-refractivity contribution in [1.29, 1.82) is 0 Å². The zero-order valence-corrected chi connectivity index (χ0v) is 22.5. The molecule has 7 rings (SSSR count). The van der Waals surface area contributed by atoms with E-state index in [9.17, 15) is 30.4 Å². The van der Waals surface area contributed by atoms with E-state index in [0.29, 0.717) is 48.9 Å². The molecular formula is C26H23ClF5N5O2S. The molecule has 14 heteroatoms. The molecule has 1 saturated carbocycles. The number of hydrogen-bond donors (Lipinski definition) is 0. The third-order valence-corrected chi connectivity index (χ3v) is 10.6. The first-order valence-electron chi connectivity index (χ1n) is 12.8. The molecule has 7 nitrogen and oxygen atoms in total. The summed E-state index contributed by atoms with van der Waals surface area (Å²) < 4.78 is 94.3. The number of nitrogens with zero attached hydrogens (tertiary/aromatic N) is 5. The summed E-state index contributed by atoms with van der Waals surface area (Å²) in [7, 11) is -3.02. The average Bonchev–Trinajstić information content (AvgIpc) is 3.11. The molecule has 0 unspecified atom stereocenters. The maximum atomic E-state index is 14.7. The van der Waals surface area contributed by atoms with Crippen LogP contribution in [0, 0.1) is 17.0 Å². The number of benzene rings is 2. The van der Waals surface area contributed by atoms with Gasteiger partial charge in [0.15, 0.2) is 21.5 Å². The van der Waals surface area contributed by atoms with E-state index in [1.807, 2.05) is 16.7 Å². The van der Waals surface area contributed by atoms with E-state index in [0.717, 1.165) is 17.1 Å². The molecule has 0 N–H and O–H groups in total. The van der Waals surface area contributed by atoms with Gasteiger partial charge >= 0.3 is 6.18 Å². The molecule has 4 heterocycles. The molecule has 0 bridgehead atoms. The molecule has 1 aliphatic carbocycles. The predicted octanol–water partition coefficient (Wildman–Crippen LogP) is 4.71.